The highest BCUT2D eigenvalue weighted by molar-refractivity contribution is 8.08. The number of fused-ring (bicyclic) bond motifs is 2. The molecule has 0 radical (unpaired) electrons. The number of ether oxygens (including phenoxy) is 2. The van der Waals surface area contributed by atoms with Crippen molar-refractivity contribution in [3.05, 3.63) is 0 Å². The van der Waals surface area contributed by atoms with Crippen LogP contribution in [0.5, 0.6) is 0 Å². The quantitative estimate of drug-likeness (QED) is 0.475. The van der Waals surface area contributed by atoms with Gasteiger partial charge < -0.3 is 9.47 Å². The van der Waals surface area contributed by atoms with Crippen LogP contribution in [0.2, 0.25) is 0 Å². The molecule has 2 saturated heterocycles. The Kier molecular flexibility index (Phi) is 5.06. The molecule has 4 nitrogen and oxygen atoms in total. The van der Waals surface area contributed by atoms with Gasteiger partial charge in [0.05, 0.1) is 25.0 Å². The Hall–Kier alpha value is -0.360. The van der Waals surface area contributed by atoms with E-state index in [-0.39, 0.29) is 29.2 Å². The van der Waals surface area contributed by atoms with Crippen molar-refractivity contribution in [1.82, 2.24) is 0 Å². The highest BCUT2D eigenvalue weighted by Crippen LogP contribution is 2.63. The normalized spacial score (nSPS) is 42.5. The molecule has 4 aliphatic rings. The first kappa shape index (κ1) is 19.9. The molecule has 6 atom stereocenters. The summed E-state index contributed by atoms with van der Waals surface area (Å²) >= 11 is 4.01. The third-order valence-corrected chi connectivity index (χ3v) is 10.5. The van der Waals surface area contributed by atoms with Crippen molar-refractivity contribution in [2.75, 3.05) is 13.2 Å². The molecule has 0 aromatic heterocycles. The van der Waals surface area contributed by atoms with Crippen LogP contribution in [-0.2, 0) is 19.1 Å². The molecule has 0 spiro atoms. The van der Waals surface area contributed by atoms with Crippen LogP contribution in [0.25, 0.3) is 0 Å². The van der Waals surface area contributed by atoms with E-state index in [1.165, 1.54) is 0 Å². The number of carbonyl (C=O) groups is 2. The lowest BCUT2D eigenvalue weighted by molar-refractivity contribution is -0.158. The van der Waals surface area contributed by atoms with Crippen LogP contribution in [0, 0.1) is 17.3 Å². The highest BCUT2D eigenvalue weighted by atomic mass is 32.2. The molecule has 6 unspecified atom stereocenters. The van der Waals surface area contributed by atoms with Gasteiger partial charge in [-0.2, -0.15) is 0 Å². The fourth-order valence-electron chi connectivity index (χ4n) is 4.53. The third kappa shape index (κ3) is 4.31. The topological polar surface area (TPSA) is 52.6 Å². The van der Waals surface area contributed by atoms with Crippen LogP contribution >= 0.6 is 23.5 Å². The van der Waals surface area contributed by atoms with Gasteiger partial charge in [0, 0.05) is 25.4 Å². The monoisotopic (exact) mass is 412 g/mol. The molecule has 0 N–H and O–H groups in total. The second-order valence-electron chi connectivity index (χ2n) is 10.2. The molecular formula is C21H32O4S2. The van der Waals surface area contributed by atoms with Crippen molar-refractivity contribution in [2.45, 2.75) is 86.2 Å². The predicted octanol–water partition coefficient (Wildman–Crippen LogP) is 4.45. The highest BCUT2D eigenvalue weighted by Gasteiger charge is 2.56. The smallest absolute Gasteiger partial charge is 0.308 e. The third-order valence-electron chi connectivity index (χ3n) is 6.92. The fourth-order valence-corrected chi connectivity index (χ4v) is 7.25. The van der Waals surface area contributed by atoms with Gasteiger partial charge in [0.15, 0.2) is 0 Å². The van der Waals surface area contributed by atoms with E-state index in [0.29, 0.717) is 33.2 Å². The number of hydrogen-bond donors (Lipinski definition) is 0. The number of thioether (sulfide) groups is 2. The molecule has 2 aliphatic heterocycles. The Morgan fingerprint density at radius 3 is 1.67 bits per heavy atom. The maximum absolute atomic E-state index is 12.4. The zero-order valence-corrected chi connectivity index (χ0v) is 18.5. The summed E-state index contributed by atoms with van der Waals surface area (Å²) in [7, 11) is 0. The van der Waals surface area contributed by atoms with Gasteiger partial charge in [-0.3, -0.25) is 9.59 Å². The van der Waals surface area contributed by atoms with Crippen molar-refractivity contribution in [3.8, 4) is 0 Å². The molecule has 4 fully saturated rings. The Morgan fingerprint density at radius 1 is 0.889 bits per heavy atom. The van der Waals surface area contributed by atoms with E-state index in [1.54, 1.807) is 0 Å². The van der Waals surface area contributed by atoms with Crippen LogP contribution in [0.4, 0.5) is 0 Å². The molecule has 0 bridgehead atoms. The molecule has 2 aliphatic carbocycles. The van der Waals surface area contributed by atoms with Crippen LogP contribution < -0.4 is 0 Å². The Bertz CT molecular complexity index is 584. The summed E-state index contributed by atoms with van der Waals surface area (Å²) in [6.45, 7) is 9.22. The number of esters is 2. The average Bonchev–Trinajstić information content (AvgIpc) is 3.49. The minimum absolute atomic E-state index is 0.0454. The maximum atomic E-state index is 12.4. The molecule has 0 aromatic rings. The fraction of sp³-hybridized carbons (Fsp3) is 0.905. The van der Waals surface area contributed by atoms with Gasteiger partial charge in [-0.05, 0) is 52.4 Å². The summed E-state index contributed by atoms with van der Waals surface area (Å²) in [5.74, 6) is -0.0458. The van der Waals surface area contributed by atoms with Gasteiger partial charge in [0.1, 0.15) is 0 Å². The van der Waals surface area contributed by atoms with Gasteiger partial charge in [-0.15, -0.1) is 23.5 Å². The molecule has 27 heavy (non-hydrogen) atoms. The molecule has 0 aromatic carbocycles. The minimum atomic E-state index is -0.347. The van der Waals surface area contributed by atoms with E-state index in [1.807, 2.05) is 37.4 Å². The van der Waals surface area contributed by atoms with Gasteiger partial charge in [0.2, 0.25) is 0 Å². The van der Waals surface area contributed by atoms with E-state index in [9.17, 15) is 9.59 Å². The van der Waals surface area contributed by atoms with Crippen molar-refractivity contribution in [1.29, 1.82) is 0 Å². The predicted molar refractivity (Wildman–Crippen MR) is 110 cm³/mol. The van der Waals surface area contributed by atoms with E-state index < -0.39 is 0 Å². The second kappa shape index (κ2) is 6.86. The van der Waals surface area contributed by atoms with E-state index >= 15 is 0 Å². The molecule has 152 valence electrons. The maximum Gasteiger partial charge on any atom is 0.308 e. The lowest BCUT2D eigenvalue weighted by Crippen LogP contribution is -2.34. The van der Waals surface area contributed by atoms with Crippen LogP contribution in [0.1, 0.15) is 66.2 Å². The molecule has 4 rings (SSSR count). The van der Waals surface area contributed by atoms with E-state index in [0.717, 1.165) is 38.5 Å². The number of hydrogen-bond acceptors (Lipinski definition) is 6. The summed E-state index contributed by atoms with van der Waals surface area (Å²) in [4.78, 5) is 24.9. The molecule has 2 heterocycles. The minimum Gasteiger partial charge on any atom is -0.465 e. The van der Waals surface area contributed by atoms with Crippen LogP contribution in [0.15, 0.2) is 0 Å². The van der Waals surface area contributed by atoms with Gasteiger partial charge in [0.25, 0.3) is 0 Å². The summed E-state index contributed by atoms with van der Waals surface area (Å²) in [5.41, 5.74) is -0.347. The average molecular weight is 413 g/mol. The number of carbonyl (C=O) groups excluding carboxylic acids is 2. The summed E-state index contributed by atoms with van der Waals surface area (Å²) in [6.07, 6.45) is 6.01. The summed E-state index contributed by atoms with van der Waals surface area (Å²) in [6, 6.07) is 0. The van der Waals surface area contributed by atoms with E-state index in [4.69, 9.17) is 9.47 Å². The zero-order valence-electron chi connectivity index (χ0n) is 16.9. The van der Waals surface area contributed by atoms with Crippen molar-refractivity contribution < 1.29 is 19.1 Å². The molecule has 6 heteroatoms. The largest absolute Gasteiger partial charge is 0.465 e. The molecule has 0 amide bonds. The Balaban J connectivity index is 1.17. The van der Waals surface area contributed by atoms with Crippen molar-refractivity contribution in [2.24, 2.45) is 17.3 Å². The van der Waals surface area contributed by atoms with Gasteiger partial charge in [-0.25, -0.2) is 0 Å². The molecular weight excluding hydrogens is 380 g/mol. The number of rotatable bonds is 6. The first-order valence-electron chi connectivity index (χ1n) is 10.3. The SMILES string of the molecule is CC(C)(COC(=O)C1CCC2(C)SC2C1)COC(=O)C1CCC2(C)SC2C1. The Morgan fingerprint density at radius 2 is 1.30 bits per heavy atom. The van der Waals surface area contributed by atoms with Crippen molar-refractivity contribution >= 4 is 35.5 Å². The van der Waals surface area contributed by atoms with Crippen molar-refractivity contribution in [3.63, 3.8) is 0 Å². The van der Waals surface area contributed by atoms with Crippen LogP contribution in [0.3, 0.4) is 0 Å². The lowest BCUT2D eigenvalue weighted by Gasteiger charge is -2.28. The standard InChI is InChI=1S/C21H32O4S2/c1-19(2,11-24-17(22)13-5-7-20(3)15(9-13)26-20)12-25-18(23)14-6-8-21(4)16(10-14)27-21/h13-16H,5-12H2,1-4H3. The second-order valence-corrected chi connectivity index (χ2v) is 13.6. The van der Waals surface area contributed by atoms with Crippen LogP contribution in [-0.4, -0.2) is 45.1 Å². The van der Waals surface area contributed by atoms with E-state index in [2.05, 4.69) is 13.8 Å². The lowest BCUT2D eigenvalue weighted by atomic mass is 9.83. The zero-order chi connectivity index (χ0) is 19.4. The summed E-state index contributed by atoms with van der Waals surface area (Å²) in [5, 5.41) is 1.28. The summed E-state index contributed by atoms with van der Waals surface area (Å²) < 4.78 is 12.1. The van der Waals surface area contributed by atoms with Gasteiger partial charge in [-0.1, -0.05) is 13.8 Å². The Labute approximate surface area is 171 Å². The first-order chi connectivity index (χ1) is 12.6. The first-order valence-corrected chi connectivity index (χ1v) is 12.1. The molecule has 2 saturated carbocycles. The van der Waals surface area contributed by atoms with Gasteiger partial charge >= 0.3 is 11.9 Å².